The molecule has 5 aliphatic rings. The minimum absolute atomic E-state index is 0.180. The Morgan fingerprint density at radius 3 is 2.27 bits per heavy atom. The van der Waals surface area contributed by atoms with Gasteiger partial charge in [-0.25, -0.2) is 0 Å². The number of amides is 1. The number of hydrogen-bond acceptors (Lipinski definition) is 7. The molecule has 45 heavy (non-hydrogen) atoms. The number of hydrogen-bond donors (Lipinski definition) is 3. The second-order valence-electron chi connectivity index (χ2n) is 12.4. The average molecular weight is 669 g/mol. The summed E-state index contributed by atoms with van der Waals surface area (Å²) in [4.78, 5) is 46.4. The predicted octanol–water partition coefficient (Wildman–Crippen LogP) is 6.74. The van der Waals surface area contributed by atoms with Gasteiger partial charge in [0.25, 0.3) is 0 Å². The summed E-state index contributed by atoms with van der Waals surface area (Å²) in [6.07, 6.45) is 5.59. The van der Waals surface area contributed by atoms with Gasteiger partial charge in [0, 0.05) is 77.6 Å². The van der Waals surface area contributed by atoms with Crippen LogP contribution in [0.4, 0.5) is 17.1 Å². The van der Waals surface area contributed by atoms with Crippen molar-refractivity contribution in [2.24, 2.45) is 10.8 Å². The third-order valence-corrected chi connectivity index (χ3v) is 10.5. The van der Waals surface area contributed by atoms with E-state index >= 15 is 0 Å². The number of nitrogens with two attached hydrogens (primary N) is 1. The maximum absolute atomic E-state index is 13.0. The Balaban J connectivity index is 0.000000152. The number of aldehydes is 1. The van der Waals surface area contributed by atoms with E-state index < -0.39 is 8.60 Å². The summed E-state index contributed by atoms with van der Waals surface area (Å²) in [5.41, 5.74) is 10.9. The van der Waals surface area contributed by atoms with Crippen molar-refractivity contribution in [2.75, 3.05) is 47.9 Å². The first-order valence-electron chi connectivity index (χ1n) is 14.8. The van der Waals surface area contributed by atoms with E-state index in [1.54, 1.807) is 0 Å². The zero-order valence-corrected chi connectivity index (χ0v) is 27.6. The quantitative estimate of drug-likeness (QED) is 0.0934. The first kappa shape index (κ1) is 31.8. The van der Waals surface area contributed by atoms with Gasteiger partial charge in [-0.05, 0) is 53.6 Å². The van der Waals surface area contributed by atoms with Crippen LogP contribution in [0.15, 0.2) is 60.7 Å². The fraction of sp³-hybridized carbons (Fsp3) is 0.353. The highest BCUT2D eigenvalue weighted by Gasteiger charge is 2.72. The number of nitrogen functional groups attached to an aromatic ring is 1. The third kappa shape index (κ3) is 5.21. The summed E-state index contributed by atoms with van der Waals surface area (Å²) in [5.74, 6) is 1.53. The molecule has 4 aromatic rings. The van der Waals surface area contributed by atoms with E-state index in [0.29, 0.717) is 11.6 Å². The number of benzene rings is 4. The maximum Gasteiger partial charge on any atom is 0.391 e. The topological polar surface area (TPSA) is 116 Å². The molecule has 2 aliphatic heterocycles. The molecule has 8 nitrogen and oxygen atoms in total. The number of carbonyl (C=O) groups excluding carboxylic acids is 2. The average Bonchev–Trinajstić information content (AvgIpc) is 3.58. The Morgan fingerprint density at radius 1 is 1.02 bits per heavy atom. The van der Waals surface area contributed by atoms with Gasteiger partial charge in [0.2, 0.25) is 5.91 Å². The summed E-state index contributed by atoms with van der Waals surface area (Å²) in [6.45, 7) is 1.58. The Morgan fingerprint density at radius 2 is 1.64 bits per heavy atom. The molecule has 0 spiro atoms. The van der Waals surface area contributed by atoms with E-state index in [-0.39, 0.29) is 22.7 Å². The van der Waals surface area contributed by atoms with Gasteiger partial charge in [-0.15, -0.1) is 23.2 Å². The molecular weight excluding hydrogens is 632 g/mol. The maximum atomic E-state index is 13.0. The van der Waals surface area contributed by atoms with Crippen LogP contribution in [0, 0.1) is 10.8 Å². The Bertz CT molecular complexity index is 1780. The van der Waals surface area contributed by atoms with Gasteiger partial charge in [0.15, 0.2) is 0 Å². The standard InChI is InChI=1S/C19H18N2O2.C14H15ClNO3P.CH3Cl/c20-15-7-16-14(12-3-1-2-4-13(12)15)5-6-21(16)17(23)19-8-18(9-19,10-19)11-22;1-16-8-9(7-15)14-11-5-3-2-4-10(11)13(6-12(14)16)19-20(17)18;1-2/h1-4,7,11H,5-6,8-10,20H2;2-6,9,17-18H,7-8H2,1H3;1H3. The van der Waals surface area contributed by atoms with Crippen LogP contribution < -0.4 is 20.1 Å². The van der Waals surface area contributed by atoms with E-state index in [4.69, 9.17) is 31.6 Å². The first-order valence-corrected chi connectivity index (χ1v) is 17.3. The molecule has 1 atom stereocenters. The fourth-order valence-electron chi connectivity index (χ4n) is 7.92. The zero-order valence-electron chi connectivity index (χ0n) is 25.2. The monoisotopic (exact) mass is 667 g/mol. The molecule has 2 bridgehead atoms. The fourth-order valence-corrected chi connectivity index (χ4v) is 8.50. The summed E-state index contributed by atoms with van der Waals surface area (Å²) in [7, 11) is -0.426. The number of nitrogens with zero attached hydrogens (tertiary/aromatic N) is 2. The molecule has 0 aromatic heterocycles. The molecule has 3 aliphatic carbocycles. The molecule has 3 saturated carbocycles. The zero-order chi connectivity index (χ0) is 32.1. The highest BCUT2D eigenvalue weighted by atomic mass is 35.5. The van der Waals surface area contributed by atoms with Gasteiger partial charge in [0.05, 0.1) is 5.41 Å². The second-order valence-corrected chi connectivity index (χ2v) is 13.4. The van der Waals surface area contributed by atoms with E-state index in [1.165, 1.54) is 17.5 Å². The second kappa shape index (κ2) is 12.2. The predicted molar refractivity (Wildman–Crippen MR) is 184 cm³/mol. The van der Waals surface area contributed by atoms with Gasteiger partial charge in [-0.3, -0.25) is 4.79 Å². The van der Waals surface area contributed by atoms with Crippen molar-refractivity contribution in [3.63, 3.8) is 0 Å². The minimum atomic E-state index is -2.43. The van der Waals surface area contributed by atoms with Crippen LogP contribution in [0.2, 0.25) is 0 Å². The largest absolute Gasteiger partial charge is 0.426 e. The Kier molecular flexibility index (Phi) is 8.66. The molecule has 236 valence electrons. The molecule has 1 unspecified atom stereocenters. The van der Waals surface area contributed by atoms with Gasteiger partial charge >= 0.3 is 8.60 Å². The molecule has 4 aromatic carbocycles. The third-order valence-electron chi connectivity index (χ3n) is 9.77. The van der Waals surface area contributed by atoms with Gasteiger partial charge in [-0.2, -0.15) is 0 Å². The minimum Gasteiger partial charge on any atom is -0.426 e. The Labute approximate surface area is 273 Å². The molecule has 0 radical (unpaired) electrons. The lowest BCUT2D eigenvalue weighted by atomic mass is 9.35. The van der Waals surface area contributed by atoms with Crippen LogP contribution in [0.3, 0.4) is 0 Å². The van der Waals surface area contributed by atoms with Gasteiger partial charge in [0.1, 0.15) is 12.0 Å². The van der Waals surface area contributed by atoms with Crippen LogP contribution >= 0.6 is 31.8 Å². The number of fused-ring (bicyclic) bond motifs is 6. The highest BCUT2D eigenvalue weighted by molar-refractivity contribution is 7.39. The van der Waals surface area contributed by atoms with Crippen molar-refractivity contribution < 1.29 is 23.9 Å². The number of likely N-dealkylation sites (N-methyl/N-ethyl adjacent to an activating group) is 1. The lowest BCUT2D eigenvalue weighted by Crippen LogP contribution is -2.68. The van der Waals surface area contributed by atoms with E-state index in [9.17, 15) is 9.59 Å². The molecule has 0 saturated heterocycles. The molecule has 3 fully saturated rings. The van der Waals surface area contributed by atoms with Crippen LogP contribution in [0.25, 0.3) is 21.5 Å². The van der Waals surface area contributed by atoms with Gasteiger partial charge in [-0.1, -0.05) is 48.5 Å². The molecule has 9 rings (SSSR count). The van der Waals surface area contributed by atoms with Crippen molar-refractivity contribution in [3.05, 3.63) is 71.8 Å². The summed E-state index contributed by atoms with van der Waals surface area (Å²) < 4.78 is 5.19. The van der Waals surface area contributed by atoms with Crippen molar-refractivity contribution >= 4 is 82.6 Å². The van der Waals surface area contributed by atoms with E-state index in [2.05, 4.69) is 22.6 Å². The van der Waals surface area contributed by atoms with E-state index in [1.807, 2.05) is 66.5 Å². The number of carbonyl (C=O) groups is 2. The van der Waals surface area contributed by atoms with Crippen LogP contribution in [-0.4, -0.2) is 54.4 Å². The van der Waals surface area contributed by atoms with Crippen molar-refractivity contribution in [1.82, 2.24) is 0 Å². The molecular formula is C34H36Cl2N3O5P. The molecule has 4 N–H and O–H groups in total. The van der Waals surface area contributed by atoms with Crippen LogP contribution in [0.1, 0.15) is 36.3 Å². The molecule has 2 heterocycles. The number of anilines is 3. The normalized spacial score (nSPS) is 23.7. The van der Waals surface area contributed by atoms with Crippen LogP contribution in [0.5, 0.6) is 5.75 Å². The van der Waals surface area contributed by atoms with E-state index in [0.717, 1.165) is 83.7 Å². The van der Waals surface area contributed by atoms with Crippen molar-refractivity contribution in [1.29, 1.82) is 0 Å². The number of halogens is 2. The number of rotatable bonds is 5. The highest BCUT2D eigenvalue weighted by Crippen LogP contribution is 2.73. The first-order chi connectivity index (χ1) is 21.7. The number of alkyl halides is 2. The summed E-state index contributed by atoms with van der Waals surface area (Å²) in [6, 6.07) is 19.8. The van der Waals surface area contributed by atoms with Crippen LogP contribution in [-0.2, 0) is 16.0 Å². The van der Waals surface area contributed by atoms with Crippen molar-refractivity contribution in [2.45, 2.75) is 31.6 Å². The lowest BCUT2D eigenvalue weighted by molar-refractivity contribution is -0.197. The lowest BCUT2D eigenvalue weighted by Gasteiger charge is -2.67. The van der Waals surface area contributed by atoms with Crippen molar-refractivity contribution in [3.8, 4) is 5.75 Å². The SMILES string of the molecule is CCl.CN1CC(CCl)c2c1cc(OP(O)O)c1ccccc21.Nc1cc2c(c3ccccc13)CCN2C(=O)C12CC(C=O)(C1)C2. The Hall–Kier alpha value is -3.13. The summed E-state index contributed by atoms with van der Waals surface area (Å²) >= 11 is 10.7. The molecule has 1 amide bonds. The van der Waals surface area contributed by atoms with Gasteiger partial charge < -0.3 is 34.6 Å². The summed E-state index contributed by atoms with van der Waals surface area (Å²) in [5, 5.41) is 4.16. The molecule has 11 heteroatoms. The smallest absolute Gasteiger partial charge is 0.391 e.